The zero-order chi connectivity index (χ0) is 18.6. The summed E-state index contributed by atoms with van der Waals surface area (Å²) < 4.78 is 5.55. The van der Waals surface area contributed by atoms with E-state index in [1.54, 1.807) is 12.4 Å². The van der Waals surface area contributed by atoms with Gasteiger partial charge >= 0.3 is 0 Å². The fourth-order valence-corrected chi connectivity index (χ4v) is 4.79. The largest absolute Gasteiger partial charge is 0.368 e. The molecule has 7 nitrogen and oxygen atoms in total. The standard InChI is InChI=1S/C20H27N5O2/c21-14-17-19(23-8-7-22-17)24-9-3-15(4-10-24)16-5-11-25(12-6-16)20(26)18-2-1-13-27-18/h7-8,15-16,18H,1-6,9-13H2/t18-/m1/s1. The van der Waals surface area contributed by atoms with Crippen LogP contribution in [-0.4, -0.2) is 59.7 Å². The maximum atomic E-state index is 12.5. The second-order valence-electron chi connectivity index (χ2n) is 7.83. The summed E-state index contributed by atoms with van der Waals surface area (Å²) in [5, 5.41) is 9.23. The van der Waals surface area contributed by atoms with Gasteiger partial charge in [0.1, 0.15) is 12.2 Å². The van der Waals surface area contributed by atoms with E-state index in [1.165, 1.54) is 0 Å². The van der Waals surface area contributed by atoms with Crippen LogP contribution in [0.1, 0.15) is 44.2 Å². The first-order valence-electron chi connectivity index (χ1n) is 10.1. The highest BCUT2D eigenvalue weighted by atomic mass is 16.5. The molecule has 0 bridgehead atoms. The number of likely N-dealkylation sites (tertiary alicyclic amines) is 1. The maximum Gasteiger partial charge on any atom is 0.251 e. The third-order valence-corrected chi connectivity index (χ3v) is 6.35. The zero-order valence-corrected chi connectivity index (χ0v) is 15.7. The van der Waals surface area contributed by atoms with E-state index in [2.05, 4.69) is 20.9 Å². The molecule has 1 aromatic heterocycles. The van der Waals surface area contributed by atoms with E-state index in [1.807, 2.05) is 4.90 Å². The molecule has 144 valence electrons. The molecule has 0 aliphatic carbocycles. The molecule has 27 heavy (non-hydrogen) atoms. The van der Waals surface area contributed by atoms with Gasteiger partial charge in [0.25, 0.3) is 5.91 Å². The molecule has 0 saturated carbocycles. The third-order valence-electron chi connectivity index (χ3n) is 6.35. The van der Waals surface area contributed by atoms with Gasteiger partial charge in [0.15, 0.2) is 11.5 Å². The lowest BCUT2D eigenvalue weighted by atomic mass is 9.78. The van der Waals surface area contributed by atoms with Crippen LogP contribution >= 0.6 is 0 Å². The van der Waals surface area contributed by atoms with Crippen LogP contribution in [0.3, 0.4) is 0 Å². The van der Waals surface area contributed by atoms with Crippen LogP contribution in [0.5, 0.6) is 0 Å². The molecule has 3 aliphatic heterocycles. The van der Waals surface area contributed by atoms with Gasteiger partial charge in [0.05, 0.1) is 0 Å². The van der Waals surface area contributed by atoms with Gasteiger partial charge in [-0.1, -0.05) is 0 Å². The number of carbonyl (C=O) groups is 1. The Morgan fingerprint density at radius 2 is 1.70 bits per heavy atom. The molecule has 0 radical (unpaired) electrons. The molecule has 4 heterocycles. The number of anilines is 1. The van der Waals surface area contributed by atoms with Gasteiger partial charge in [-0.25, -0.2) is 9.97 Å². The Kier molecular flexibility index (Phi) is 5.53. The number of ether oxygens (including phenoxy) is 1. The predicted molar refractivity (Wildman–Crippen MR) is 100.0 cm³/mol. The van der Waals surface area contributed by atoms with E-state index < -0.39 is 0 Å². The third kappa shape index (κ3) is 3.91. The molecule has 1 aromatic rings. The smallest absolute Gasteiger partial charge is 0.251 e. The first-order chi connectivity index (χ1) is 13.3. The average molecular weight is 369 g/mol. The number of hydrogen-bond donors (Lipinski definition) is 0. The van der Waals surface area contributed by atoms with Crippen molar-refractivity contribution < 1.29 is 9.53 Å². The highest BCUT2D eigenvalue weighted by Crippen LogP contribution is 2.34. The minimum absolute atomic E-state index is 0.189. The van der Waals surface area contributed by atoms with E-state index >= 15 is 0 Å². The Bertz CT molecular complexity index is 697. The molecule has 3 fully saturated rings. The van der Waals surface area contributed by atoms with Gasteiger partial charge in [0, 0.05) is 45.2 Å². The Balaban J connectivity index is 1.27. The van der Waals surface area contributed by atoms with Crippen LogP contribution < -0.4 is 4.90 Å². The molecule has 0 unspecified atom stereocenters. The van der Waals surface area contributed by atoms with Gasteiger partial charge in [0.2, 0.25) is 0 Å². The fourth-order valence-electron chi connectivity index (χ4n) is 4.79. The topological polar surface area (TPSA) is 82.4 Å². The van der Waals surface area contributed by atoms with Crippen molar-refractivity contribution >= 4 is 11.7 Å². The van der Waals surface area contributed by atoms with E-state index in [0.717, 1.165) is 77.1 Å². The highest BCUT2D eigenvalue weighted by Gasteiger charge is 2.34. The van der Waals surface area contributed by atoms with E-state index in [9.17, 15) is 10.1 Å². The molecule has 7 heteroatoms. The minimum atomic E-state index is -0.189. The minimum Gasteiger partial charge on any atom is -0.368 e. The SMILES string of the molecule is N#Cc1nccnc1N1CCC(C2CCN(C(=O)[C@H]3CCCO3)CC2)CC1. The number of piperidine rings is 2. The van der Waals surface area contributed by atoms with Crippen molar-refractivity contribution in [1.29, 1.82) is 5.26 Å². The van der Waals surface area contributed by atoms with Crippen molar-refractivity contribution in [1.82, 2.24) is 14.9 Å². The van der Waals surface area contributed by atoms with Gasteiger partial charge in [-0.2, -0.15) is 5.26 Å². The summed E-state index contributed by atoms with van der Waals surface area (Å²) >= 11 is 0. The summed E-state index contributed by atoms with van der Waals surface area (Å²) in [6.45, 7) is 4.31. The number of amides is 1. The van der Waals surface area contributed by atoms with Gasteiger partial charge < -0.3 is 14.5 Å². The van der Waals surface area contributed by atoms with Crippen LogP contribution in [0.15, 0.2) is 12.4 Å². The second kappa shape index (κ2) is 8.22. The van der Waals surface area contributed by atoms with Crippen molar-refractivity contribution in [3.8, 4) is 6.07 Å². The molecule has 0 spiro atoms. The Morgan fingerprint density at radius 1 is 1.04 bits per heavy atom. The predicted octanol–water partition coefficient (Wildman–Crippen LogP) is 1.98. The summed E-state index contributed by atoms with van der Waals surface area (Å²) in [5.41, 5.74) is 0.414. The highest BCUT2D eigenvalue weighted by molar-refractivity contribution is 5.81. The van der Waals surface area contributed by atoms with Crippen molar-refractivity contribution in [3.63, 3.8) is 0 Å². The van der Waals surface area contributed by atoms with Crippen LogP contribution in [-0.2, 0) is 9.53 Å². The average Bonchev–Trinajstić information content (AvgIpc) is 3.28. The summed E-state index contributed by atoms with van der Waals surface area (Å²) in [5.74, 6) is 2.31. The molecule has 4 rings (SSSR count). The summed E-state index contributed by atoms with van der Waals surface area (Å²) in [7, 11) is 0. The van der Waals surface area contributed by atoms with E-state index in [-0.39, 0.29) is 12.0 Å². The first kappa shape index (κ1) is 18.2. The normalized spacial score (nSPS) is 24.8. The molecule has 1 amide bonds. The Labute approximate surface area is 160 Å². The summed E-state index contributed by atoms with van der Waals surface area (Å²) in [6, 6.07) is 2.14. The number of rotatable bonds is 3. The number of hydrogen-bond acceptors (Lipinski definition) is 6. The van der Waals surface area contributed by atoms with Gasteiger partial charge in [-0.3, -0.25) is 4.79 Å². The maximum absolute atomic E-state index is 12.5. The molecule has 1 atom stereocenters. The number of nitriles is 1. The monoisotopic (exact) mass is 369 g/mol. The molecule has 0 N–H and O–H groups in total. The molecular formula is C20H27N5O2. The summed E-state index contributed by atoms with van der Waals surface area (Å²) in [4.78, 5) is 25.2. The van der Waals surface area contributed by atoms with Crippen molar-refractivity contribution in [2.24, 2.45) is 11.8 Å². The van der Waals surface area contributed by atoms with Crippen LogP contribution in [0, 0.1) is 23.2 Å². The van der Waals surface area contributed by atoms with Crippen molar-refractivity contribution in [2.45, 2.75) is 44.6 Å². The lowest BCUT2D eigenvalue weighted by Gasteiger charge is -2.40. The first-order valence-corrected chi connectivity index (χ1v) is 10.1. The fraction of sp³-hybridized carbons (Fsp3) is 0.700. The molecule has 0 aromatic carbocycles. The quantitative estimate of drug-likeness (QED) is 0.810. The van der Waals surface area contributed by atoms with Gasteiger partial charge in [-0.15, -0.1) is 0 Å². The number of nitrogens with zero attached hydrogens (tertiary/aromatic N) is 5. The van der Waals surface area contributed by atoms with Crippen molar-refractivity contribution in [2.75, 3.05) is 37.7 Å². The lowest BCUT2D eigenvalue weighted by molar-refractivity contribution is -0.142. The zero-order valence-electron chi connectivity index (χ0n) is 15.7. The van der Waals surface area contributed by atoms with Crippen LogP contribution in [0.2, 0.25) is 0 Å². The number of aromatic nitrogens is 2. The van der Waals surface area contributed by atoms with E-state index in [4.69, 9.17) is 4.74 Å². The van der Waals surface area contributed by atoms with Crippen LogP contribution in [0.4, 0.5) is 5.82 Å². The number of carbonyl (C=O) groups excluding carboxylic acids is 1. The second-order valence-corrected chi connectivity index (χ2v) is 7.83. The van der Waals surface area contributed by atoms with Gasteiger partial charge in [-0.05, 0) is 50.4 Å². The van der Waals surface area contributed by atoms with Crippen LogP contribution in [0.25, 0.3) is 0 Å². The Morgan fingerprint density at radius 3 is 2.33 bits per heavy atom. The van der Waals surface area contributed by atoms with E-state index in [0.29, 0.717) is 17.5 Å². The molecular weight excluding hydrogens is 342 g/mol. The molecule has 3 aliphatic rings. The summed E-state index contributed by atoms with van der Waals surface area (Å²) in [6.07, 6.45) is 9.34. The van der Waals surface area contributed by atoms with Crippen molar-refractivity contribution in [3.05, 3.63) is 18.1 Å². The lowest BCUT2D eigenvalue weighted by Crippen LogP contribution is -2.46. The molecule has 3 saturated heterocycles. The Hall–Kier alpha value is -2.20.